The van der Waals surface area contributed by atoms with Gasteiger partial charge in [-0.2, -0.15) is 0 Å². The molecule has 0 amide bonds. The van der Waals surface area contributed by atoms with E-state index >= 15 is 0 Å². The van der Waals surface area contributed by atoms with E-state index in [1.54, 1.807) is 0 Å². The van der Waals surface area contributed by atoms with Crippen molar-refractivity contribution in [2.75, 3.05) is 13.2 Å². The summed E-state index contributed by atoms with van der Waals surface area (Å²) in [6, 6.07) is 0. The molecule has 6 heteroatoms. The number of hydrogen-bond acceptors (Lipinski definition) is 6. The smallest absolute Gasteiger partial charge is 0.306 e. The van der Waals surface area contributed by atoms with Crippen LogP contribution in [0.15, 0.2) is 170 Å². The van der Waals surface area contributed by atoms with Gasteiger partial charge in [-0.15, -0.1) is 0 Å². The SMILES string of the molecule is CC\C=C/C=C\C=C/C=C\C=C\C=C/C=C\CCCCCC(=O)OCC(COC(=O)CCCCCC/C=C\CCCC)OC(=O)CC/C=C\C/C=C\C/C=C\C/C=C\C/C=C\C/C=C\CC. The van der Waals surface area contributed by atoms with Crippen molar-refractivity contribution < 1.29 is 28.6 Å². The number of hydrogen-bond donors (Lipinski definition) is 0. The minimum atomic E-state index is -0.850. The average molecular weight is 905 g/mol. The molecule has 0 aliphatic rings. The van der Waals surface area contributed by atoms with Crippen molar-refractivity contribution in [3.8, 4) is 0 Å². The second-order valence-corrected chi connectivity index (χ2v) is 15.8. The zero-order valence-corrected chi connectivity index (χ0v) is 41.4. The monoisotopic (exact) mass is 905 g/mol. The predicted molar refractivity (Wildman–Crippen MR) is 283 cm³/mol. The summed E-state index contributed by atoms with van der Waals surface area (Å²) in [6.45, 7) is 6.18. The zero-order chi connectivity index (χ0) is 47.9. The third-order valence-electron chi connectivity index (χ3n) is 9.64. The van der Waals surface area contributed by atoms with Gasteiger partial charge in [0.05, 0.1) is 0 Å². The quantitative estimate of drug-likeness (QED) is 0.0200. The molecule has 364 valence electrons. The first-order valence-corrected chi connectivity index (χ1v) is 25.2. The fraction of sp³-hybridized carbons (Fsp3) is 0.483. The van der Waals surface area contributed by atoms with Crippen molar-refractivity contribution in [2.24, 2.45) is 0 Å². The van der Waals surface area contributed by atoms with E-state index in [0.29, 0.717) is 19.3 Å². The Labute approximate surface area is 402 Å². The van der Waals surface area contributed by atoms with Gasteiger partial charge in [-0.05, 0) is 96.3 Å². The molecule has 0 spiro atoms. The lowest BCUT2D eigenvalue weighted by Crippen LogP contribution is -2.30. The van der Waals surface area contributed by atoms with Crippen molar-refractivity contribution in [3.05, 3.63) is 170 Å². The molecule has 0 saturated carbocycles. The number of allylic oxidation sites excluding steroid dienone is 28. The second-order valence-electron chi connectivity index (χ2n) is 15.8. The summed E-state index contributed by atoms with van der Waals surface area (Å²) >= 11 is 0. The highest BCUT2D eigenvalue weighted by molar-refractivity contribution is 5.71. The standard InChI is InChI=1S/C60H88O6/c1-4-7-10-13-16-19-22-24-26-28-30-32-34-36-38-41-44-47-50-53-59(62)65-56-57(55-64-58(61)52-49-46-43-40-21-18-15-12-9-6-3)66-60(63)54-51-48-45-42-39-37-35-33-31-29-27-25-23-20-17-14-11-8-5-2/h7-8,10-11,13,15-20,22,24-28,30-34,36-39,45,48,57H,4-6,9,12,14,21,23,29,35,40-44,46-47,49-56H2,1-3H3/b10-7-,11-8-,16-13-,18-15-,20-17-,22-19-,26-24-,27-25-,30-28+,33-31-,34-32-,38-36-,39-37-,48-45-. The third kappa shape index (κ3) is 49.8. The van der Waals surface area contributed by atoms with Crippen LogP contribution in [0.2, 0.25) is 0 Å². The van der Waals surface area contributed by atoms with Crippen LogP contribution in [0.1, 0.15) is 168 Å². The van der Waals surface area contributed by atoms with Gasteiger partial charge in [-0.25, -0.2) is 0 Å². The van der Waals surface area contributed by atoms with Crippen LogP contribution in [0.25, 0.3) is 0 Å². The lowest BCUT2D eigenvalue weighted by Gasteiger charge is -2.18. The number of unbranched alkanes of at least 4 members (excludes halogenated alkanes) is 9. The van der Waals surface area contributed by atoms with Gasteiger partial charge in [0.2, 0.25) is 0 Å². The molecule has 0 aliphatic carbocycles. The van der Waals surface area contributed by atoms with Crippen LogP contribution in [-0.2, 0) is 28.6 Å². The molecule has 0 radical (unpaired) electrons. The molecule has 0 N–H and O–H groups in total. The highest BCUT2D eigenvalue weighted by atomic mass is 16.6. The van der Waals surface area contributed by atoms with Gasteiger partial charge in [0.1, 0.15) is 13.2 Å². The Morgan fingerprint density at radius 1 is 0.333 bits per heavy atom. The summed E-state index contributed by atoms with van der Waals surface area (Å²) in [5, 5.41) is 0. The highest BCUT2D eigenvalue weighted by Crippen LogP contribution is 2.10. The van der Waals surface area contributed by atoms with Crippen LogP contribution in [0.4, 0.5) is 0 Å². The first kappa shape index (κ1) is 60.8. The Kier molecular flexibility index (Phi) is 48.2. The van der Waals surface area contributed by atoms with E-state index in [0.717, 1.165) is 103 Å². The molecule has 0 bridgehead atoms. The van der Waals surface area contributed by atoms with Gasteiger partial charge in [-0.3, -0.25) is 14.4 Å². The number of esters is 3. The average Bonchev–Trinajstić information content (AvgIpc) is 3.31. The van der Waals surface area contributed by atoms with Crippen LogP contribution in [0, 0.1) is 0 Å². The molecule has 0 rings (SSSR count). The molecule has 1 atom stereocenters. The van der Waals surface area contributed by atoms with Crippen molar-refractivity contribution in [2.45, 2.75) is 175 Å². The number of carbonyl (C=O) groups excluding carboxylic acids is 3. The molecule has 0 aromatic heterocycles. The fourth-order valence-corrected chi connectivity index (χ4v) is 5.90. The fourth-order valence-electron chi connectivity index (χ4n) is 5.90. The Balaban J connectivity index is 4.64. The summed E-state index contributed by atoms with van der Waals surface area (Å²) < 4.78 is 16.6. The van der Waals surface area contributed by atoms with E-state index in [1.807, 2.05) is 85.1 Å². The number of rotatable bonds is 42. The molecular formula is C60H88O6. The highest BCUT2D eigenvalue weighted by Gasteiger charge is 2.19. The Morgan fingerprint density at radius 2 is 0.697 bits per heavy atom. The van der Waals surface area contributed by atoms with Gasteiger partial charge in [0.15, 0.2) is 6.10 Å². The first-order valence-electron chi connectivity index (χ1n) is 25.2. The Hall–Kier alpha value is -5.23. The second kappa shape index (κ2) is 52.4. The van der Waals surface area contributed by atoms with Crippen molar-refractivity contribution in [1.82, 2.24) is 0 Å². The van der Waals surface area contributed by atoms with E-state index in [1.165, 1.54) is 12.8 Å². The number of carbonyl (C=O) groups is 3. The van der Waals surface area contributed by atoms with Crippen molar-refractivity contribution in [1.29, 1.82) is 0 Å². The zero-order valence-electron chi connectivity index (χ0n) is 41.4. The first-order chi connectivity index (χ1) is 32.5. The lowest BCUT2D eigenvalue weighted by atomic mass is 10.1. The van der Waals surface area contributed by atoms with Gasteiger partial charge in [0.25, 0.3) is 0 Å². The van der Waals surface area contributed by atoms with E-state index in [4.69, 9.17) is 14.2 Å². The van der Waals surface area contributed by atoms with Gasteiger partial charge < -0.3 is 14.2 Å². The van der Waals surface area contributed by atoms with Gasteiger partial charge in [0, 0.05) is 19.3 Å². The molecular weight excluding hydrogens is 817 g/mol. The third-order valence-corrected chi connectivity index (χ3v) is 9.64. The summed E-state index contributed by atoms with van der Waals surface area (Å²) in [5.41, 5.74) is 0. The van der Waals surface area contributed by atoms with Crippen LogP contribution in [0.5, 0.6) is 0 Å². The maximum Gasteiger partial charge on any atom is 0.306 e. The maximum absolute atomic E-state index is 12.8. The Bertz CT molecular complexity index is 1600. The van der Waals surface area contributed by atoms with Gasteiger partial charge >= 0.3 is 17.9 Å². The summed E-state index contributed by atoms with van der Waals surface area (Å²) in [4.78, 5) is 37.9. The summed E-state index contributed by atoms with van der Waals surface area (Å²) in [5.74, 6) is -1.10. The largest absolute Gasteiger partial charge is 0.462 e. The van der Waals surface area contributed by atoms with E-state index in [-0.39, 0.29) is 38.0 Å². The topological polar surface area (TPSA) is 78.9 Å². The molecule has 6 nitrogen and oxygen atoms in total. The molecule has 0 aromatic carbocycles. The molecule has 0 aliphatic heterocycles. The normalized spacial score (nSPS) is 13.6. The van der Waals surface area contributed by atoms with E-state index in [2.05, 4.69) is 106 Å². The molecule has 0 aromatic rings. The Morgan fingerprint density at radius 3 is 1.17 bits per heavy atom. The van der Waals surface area contributed by atoms with Crippen molar-refractivity contribution >= 4 is 17.9 Å². The number of ether oxygens (including phenoxy) is 3. The minimum absolute atomic E-state index is 0.139. The molecule has 0 saturated heterocycles. The molecule has 0 heterocycles. The lowest BCUT2D eigenvalue weighted by molar-refractivity contribution is -0.166. The van der Waals surface area contributed by atoms with Crippen LogP contribution < -0.4 is 0 Å². The van der Waals surface area contributed by atoms with E-state index < -0.39 is 12.1 Å². The summed E-state index contributed by atoms with van der Waals surface area (Å²) in [7, 11) is 0. The molecule has 1 unspecified atom stereocenters. The molecule has 0 fully saturated rings. The van der Waals surface area contributed by atoms with Crippen LogP contribution in [0.3, 0.4) is 0 Å². The van der Waals surface area contributed by atoms with Gasteiger partial charge in [-0.1, -0.05) is 223 Å². The van der Waals surface area contributed by atoms with Crippen LogP contribution in [-0.4, -0.2) is 37.2 Å². The molecule has 66 heavy (non-hydrogen) atoms. The van der Waals surface area contributed by atoms with Crippen LogP contribution >= 0.6 is 0 Å². The van der Waals surface area contributed by atoms with Crippen molar-refractivity contribution in [3.63, 3.8) is 0 Å². The minimum Gasteiger partial charge on any atom is -0.462 e. The predicted octanol–water partition coefficient (Wildman–Crippen LogP) is 16.8. The van der Waals surface area contributed by atoms with E-state index in [9.17, 15) is 14.4 Å². The summed E-state index contributed by atoms with van der Waals surface area (Å²) in [6.07, 6.45) is 77.7. The maximum atomic E-state index is 12.8.